The number of halogens is 1. The SMILES string of the molecule is CC(=O)c1sc(N2C(=O)C(=O)C(=C(O)c3cc(C)ccc3C)C2c2ccc(Cl)cc2)nc1C. The summed E-state index contributed by atoms with van der Waals surface area (Å²) in [6.07, 6.45) is 0. The molecule has 8 heteroatoms. The number of amides is 1. The van der Waals surface area contributed by atoms with E-state index in [2.05, 4.69) is 4.98 Å². The van der Waals surface area contributed by atoms with Gasteiger partial charge in [-0.2, -0.15) is 0 Å². The smallest absolute Gasteiger partial charge is 0.301 e. The molecule has 1 unspecified atom stereocenters. The van der Waals surface area contributed by atoms with Gasteiger partial charge in [0.1, 0.15) is 5.76 Å². The van der Waals surface area contributed by atoms with Crippen molar-refractivity contribution in [3.05, 3.63) is 85.9 Å². The van der Waals surface area contributed by atoms with Crippen molar-refractivity contribution in [2.45, 2.75) is 33.7 Å². The Labute approximate surface area is 200 Å². The highest BCUT2D eigenvalue weighted by atomic mass is 35.5. The lowest BCUT2D eigenvalue weighted by molar-refractivity contribution is -0.132. The number of benzene rings is 2. The number of carbonyl (C=O) groups is 3. The van der Waals surface area contributed by atoms with Gasteiger partial charge in [-0.15, -0.1) is 0 Å². The minimum Gasteiger partial charge on any atom is -0.507 e. The molecule has 1 aliphatic heterocycles. The predicted octanol–water partition coefficient (Wildman–Crippen LogP) is 5.55. The standard InChI is InChI=1S/C25H21ClN2O4S/c1-12-5-6-13(2)18(11-12)21(30)19-20(16-7-9-17(26)10-8-16)28(24(32)22(19)31)25-27-14(3)23(33-25)15(4)29/h5-11,20,30H,1-4H3. The third kappa shape index (κ3) is 3.98. The number of anilines is 1. The second-order valence-electron chi connectivity index (χ2n) is 8.01. The van der Waals surface area contributed by atoms with Crippen LogP contribution in [0, 0.1) is 20.8 Å². The van der Waals surface area contributed by atoms with E-state index in [-0.39, 0.29) is 22.2 Å². The maximum absolute atomic E-state index is 13.3. The summed E-state index contributed by atoms with van der Waals surface area (Å²) in [6.45, 7) is 6.81. The average molecular weight is 481 g/mol. The molecular formula is C25H21ClN2O4S. The monoisotopic (exact) mass is 480 g/mol. The zero-order valence-electron chi connectivity index (χ0n) is 18.5. The van der Waals surface area contributed by atoms with Crippen molar-refractivity contribution in [1.82, 2.24) is 4.98 Å². The van der Waals surface area contributed by atoms with Crippen LogP contribution in [0.15, 0.2) is 48.0 Å². The first kappa shape index (κ1) is 22.9. The first-order chi connectivity index (χ1) is 15.6. The summed E-state index contributed by atoms with van der Waals surface area (Å²) < 4.78 is 0. The van der Waals surface area contributed by atoms with Crippen LogP contribution < -0.4 is 4.90 Å². The molecule has 2 aromatic carbocycles. The van der Waals surface area contributed by atoms with Crippen LogP contribution in [0.25, 0.3) is 5.76 Å². The quantitative estimate of drug-likeness (QED) is 0.229. The molecule has 3 aromatic rings. The van der Waals surface area contributed by atoms with E-state index in [9.17, 15) is 19.5 Å². The van der Waals surface area contributed by atoms with Crippen LogP contribution in [-0.4, -0.2) is 27.6 Å². The van der Waals surface area contributed by atoms with E-state index in [1.54, 1.807) is 37.3 Å². The molecule has 1 N–H and O–H groups in total. The number of aryl methyl sites for hydroxylation is 3. The normalized spacial score (nSPS) is 17.6. The van der Waals surface area contributed by atoms with Gasteiger partial charge in [-0.1, -0.05) is 52.8 Å². The fraction of sp³-hybridized carbons (Fsp3) is 0.200. The molecule has 0 radical (unpaired) electrons. The first-order valence-electron chi connectivity index (χ1n) is 10.2. The molecule has 4 rings (SSSR count). The minimum atomic E-state index is -0.924. The molecule has 6 nitrogen and oxygen atoms in total. The van der Waals surface area contributed by atoms with Crippen LogP contribution in [0.2, 0.25) is 5.02 Å². The van der Waals surface area contributed by atoms with Gasteiger partial charge in [0.2, 0.25) is 0 Å². The Kier molecular flexibility index (Phi) is 5.95. The molecule has 2 heterocycles. The summed E-state index contributed by atoms with van der Waals surface area (Å²) in [5, 5.41) is 12.0. The third-order valence-corrected chi connectivity index (χ3v) is 7.10. The van der Waals surface area contributed by atoms with E-state index in [0.717, 1.165) is 22.5 Å². The summed E-state index contributed by atoms with van der Waals surface area (Å²) in [5.41, 5.74) is 3.18. The molecular weight excluding hydrogens is 460 g/mol. The Balaban J connectivity index is 1.98. The van der Waals surface area contributed by atoms with Gasteiger partial charge in [0.15, 0.2) is 10.9 Å². The highest BCUT2D eigenvalue weighted by Crippen LogP contribution is 2.44. The lowest BCUT2D eigenvalue weighted by Crippen LogP contribution is -2.29. The van der Waals surface area contributed by atoms with Crippen molar-refractivity contribution in [2.75, 3.05) is 4.90 Å². The van der Waals surface area contributed by atoms with Gasteiger partial charge >= 0.3 is 5.91 Å². The number of hydrogen-bond acceptors (Lipinski definition) is 6. The van der Waals surface area contributed by atoms with Gasteiger partial charge in [-0.05, 0) is 50.1 Å². The van der Waals surface area contributed by atoms with E-state index in [1.165, 1.54) is 11.8 Å². The summed E-state index contributed by atoms with van der Waals surface area (Å²) in [4.78, 5) is 44.6. The Bertz CT molecular complexity index is 1340. The molecule has 0 aliphatic carbocycles. The van der Waals surface area contributed by atoms with Gasteiger partial charge in [0, 0.05) is 17.5 Å². The summed E-state index contributed by atoms with van der Waals surface area (Å²) in [5.74, 6) is -2.06. The van der Waals surface area contributed by atoms with Gasteiger partial charge in [-0.25, -0.2) is 4.98 Å². The number of Topliss-reactive ketones (excluding diaryl/α,β-unsaturated/α-hetero) is 2. The van der Waals surface area contributed by atoms with Crippen LogP contribution in [0.3, 0.4) is 0 Å². The van der Waals surface area contributed by atoms with Crippen molar-refractivity contribution >= 4 is 51.3 Å². The van der Waals surface area contributed by atoms with Crippen LogP contribution in [-0.2, 0) is 9.59 Å². The van der Waals surface area contributed by atoms with Gasteiger partial charge in [-0.3, -0.25) is 19.3 Å². The van der Waals surface area contributed by atoms with E-state index in [1.807, 2.05) is 26.0 Å². The number of thiazole rings is 1. The number of aliphatic hydroxyl groups excluding tert-OH is 1. The summed E-state index contributed by atoms with van der Waals surface area (Å²) in [6, 6.07) is 11.3. The Morgan fingerprint density at radius 1 is 1.09 bits per heavy atom. The van der Waals surface area contributed by atoms with Crippen molar-refractivity contribution in [3.8, 4) is 0 Å². The minimum absolute atomic E-state index is 0.0340. The molecule has 0 bridgehead atoms. The van der Waals surface area contributed by atoms with Gasteiger partial charge in [0.05, 0.1) is 22.2 Å². The summed E-state index contributed by atoms with van der Waals surface area (Å²) >= 11 is 7.11. The molecule has 1 saturated heterocycles. The highest BCUT2D eigenvalue weighted by Gasteiger charge is 2.48. The Hall–Kier alpha value is -3.29. The number of hydrogen-bond donors (Lipinski definition) is 1. The third-order valence-electron chi connectivity index (χ3n) is 5.59. The topological polar surface area (TPSA) is 87.6 Å². The van der Waals surface area contributed by atoms with Crippen LogP contribution in [0.4, 0.5) is 5.13 Å². The second kappa shape index (κ2) is 8.57. The number of aliphatic hydroxyl groups is 1. The van der Waals surface area contributed by atoms with Crippen LogP contribution >= 0.6 is 22.9 Å². The summed E-state index contributed by atoms with van der Waals surface area (Å²) in [7, 11) is 0. The lowest BCUT2D eigenvalue weighted by atomic mass is 9.93. The molecule has 168 valence electrons. The zero-order chi connectivity index (χ0) is 24.0. The van der Waals surface area contributed by atoms with Gasteiger partial charge in [0.25, 0.3) is 5.78 Å². The fourth-order valence-corrected chi connectivity index (χ4v) is 5.05. The average Bonchev–Trinajstić information content (AvgIpc) is 3.27. The molecule has 1 atom stereocenters. The maximum Gasteiger partial charge on any atom is 0.301 e. The van der Waals surface area contributed by atoms with E-state index in [4.69, 9.17) is 11.6 Å². The van der Waals surface area contributed by atoms with Crippen molar-refractivity contribution in [2.24, 2.45) is 0 Å². The zero-order valence-corrected chi connectivity index (χ0v) is 20.0. The second-order valence-corrected chi connectivity index (χ2v) is 9.42. The molecule has 1 aromatic heterocycles. The van der Waals surface area contributed by atoms with Crippen molar-refractivity contribution in [1.29, 1.82) is 0 Å². The lowest BCUT2D eigenvalue weighted by Gasteiger charge is -2.23. The number of aromatic nitrogens is 1. The number of carbonyl (C=O) groups excluding carboxylic acids is 3. The number of rotatable bonds is 4. The van der Waals surface area contributed by atoms with Crippen LogP contribution in [0.5, 0.6) is 0 Å². The number of nitrogens with zero attached hydrogens (tertiary/aromatic N) is 2. The molecule has 33 heavy (non-hydrogen) atoms. The molecule has 0 spiro atoms. The largest absolute Gasteiger partial charge is 0.507 e. The van der Waals surface area contributed by atoms with E-state index >= 15 is 0 Å². The van der Waals surface area contributed by atoms with Crippen molar-refractivity contribution in [3.63, 3.8) is 0 Å². The van der Waals surface area contributed by atoms with E-state index in [0.29, 0.717) is 26.7 Å². The first-order valence-corrected chi connectivity index (χ1v) is 11.4. The Morgan fingerprint density at radius 2 is 1.76 bits per heavy atom. The van der Waals surface area contributed by atoms with Gasteiger partial charge < -0.3 is 5.11 Å². The van der Waals surface area contributed by atoms with Crippen LogP contribution in [0.1, 0.15) is 50.6 Å². The molecule has 1 amide bonds. The van der Waals surface area contributed by atoms with E-state index < -0.39 is 17.7 Å². The number of ketones is 2. The Morgan fingerprint density at radius 3 is 2.36 bits per heavy atom. The predicted molar refractivity (Wildman–Crippen MR) is 129 cm³/mol. The molecule has 0 saturated carbocycles. The highest BCUT2D eigenvalue weighted by molar-refractivity contribution is 7.18. The van der Waals surface area contributed by atoms with Crippen molar-refractivity contribution < 1.29 is 19.5 Å². The maximum atomic E-state index is 13.3. The molecule has 1 aliphatic rings. The molecule has 1 fully saturated rings. The fourth-order valence-electron chi connectivity index (χ4n) is 3.94.